The van der Waals surface area contributed by atoms with Crippen molar-refractivity contribution in [1.29, 1.82) is 0 Å². The highest BCUT2D eigenvalue weighted by Crippen LogP contribution is 2.40. The summed E-state index contributed by atoms with van der Waals surface area (Å²) in [6.07, 6.45) is 2.87. The maximum atomic E-state index is 13.3. The molecule has 2 aromatic carbocycles. The molecule has 5 rings (SSSR count). The summed E-state index contributed by atoms with van der Waals surface area (Å²) >= 11 is 0. The van der Waals surface area contributed by atoms with Crippen LogP contribution in [0.25, 0.3) is 0 Å². The van der Waals surface area contributed by atoms with E-state index in [9.17, 15) is 14.4 Å². The molecule has 0 aromatic heterocycles. The van der Waals surface area contributed by atoms with Crippen LogP contribution in [0.2, 0.25) is 0 Å². The molecule has 2 atom stereocenters. The van der Waals surface area contributed by atoms with Crippen LogP contribution in [0, 0.1) is 0 Å². The third-order valence-electron chi connectivity index (χ3n) is 6.25. The molecular weight excluding hydrogens is 382 g/mol. The van der Waals surface area contributed by atoms with E-state index in [1.54, 1.807) is 0 Å². The molecule has 2 aliphatic heterocycles. The lowest BCUT2D eigenvalue weighted by Gasteiger charge is -2.33. The van der Waals surface area contributed by atoms with Crippen LogP contribution in [-0.2, 0) is 21.5 Å². The second-order valence-corrected chi connectivity index (χ2v) is 8.03. The average Bonchev–Trinajstić information content (AvgIpc) is 2.99. The fraction of sp³-hybridized carbons (Fsp3) is 0.348. The number of carbonyl (C=O) groups is 3. The van der Waals surface area contributed by atoms with Gasteiger partial charge in [0.25, 0.3) is 5.91 Å². The Bertz CT molecular complexity index is 1040. The number of nitrogens with zero attached hydrogens (tertiary/aromatic N) is 1. The normalized spacial score (nSPS) is 24.7. The predicted octanol–water partition coefficient (Wildman–Crippen LogP) is 2.41. The number of hydrogen-bond donors (Lipinski definition) is 2. The van der Waals surface area contributed by atoms with Crippen molar-refractivity contribution in [1.82, 2.24) is 15.5 Å². The molecule has 154 valence electrons. The first-order valence-electron chi connectivity index (χ1n) is 10.3. The maximum Gasteiger partial charge on any atom is 0.325 e. The summed E-state index contributed by atoms with van der Waals surface area (Å²) in [4.78, 5) is 39.8. The van der Waals surface area contributed by atoms with Crippen LogP contribution in [-0.4, -0.2) is 35.9 Å². The van der Waals surface area contributed by atoms with Crippen molar-refractivity contribution in [2.75, 3.05) is 13.2 Å². The number of aryl methyl sites for hydroxylation is 1. The number of ether oxygens (including phenoxy) is 1. The second kappa shape index (κ2) is 7.16. The monoisotopic (exact) mass is 405 g/mol. The number of carbonyl (C=O) groups excluding carboxylic acids is 3. The Kier molecular flexibility index (Phi) is 4.46. The first kappa shape index (κ1) is 18.7. The molecule has 0 unspecified atom stereocenters. The Morgan fingerprint density at radius 3 is 2.87 bits per heavy atom. The van der Waals surface area contributed by atoms with E-state index in [0.717, 1.165) is 40.2 Å². The number of imide groups is 1. The molecule has 1 spiro atoms. The highest BCUT2D eigenvalue weighted by Gasteiger charge is 2.54. The van der Waals surface area contributed by atoms with E-state index in [0.29, 0.717) is 19.4 Å². The minimum Gasteiger partial charge on any atom is -0.493 e. The Morgan fingerprint density at radius 2 is 1.97 bits per heavy atom. The SMILES string of the molecule is O=C(CN1C(=O)N[C@]2(CCCc3ccccc32)C1=O)N[C@@H]1CCOc2ccccc21. The van der Waals surface area contributed by atoms with Gasteiger partial charge in [-0.3, -0.25) is 14.5 Å². The molecule has 0 saturated carbocycles. The second-order valence-electron chi connectivity index (χ2n) is 8.03. The smallest absolute Gasteiger partial charge is 0.325 e. The van der Waals surface area contributed by atoms with Crippen LogP contribution < -0.4 is 15.4 Å². The summed E-state index contributed by atoms with van der Waals surface area (Å²) < 4.78 is 5.63. The lowest BCUT2D eigenvalue weighted by atomic mass is 9.76. The summed E-state index contributed by atoms with van der Waals surface area (Å²) in [6.45, 7) is 0.207. The number of hydrogen-bond acceptors (Lipinski definition) is 4. The van der Waals surface area contributed by atoms with Crippen LogP contribution in [0.15, 0.2) is 48.5 Å². The molecule has 1 saturated heterocycles. The molecule has 0 bridgehead atoms. The van der Waals surface area contributed by atoms with E-state index in [2.05, 4.69) is 10.6 Å². The Labute approximate surface area is 174 Å². The summed E-state index contributed by atoms with van der Waals surface area (Å²) in [6, 6.07) is 14.6. The zero-order valence-electron chi connectivity index (χ0n) is 16.5. The van der Waals surface area contributed by atoms with Crippen LogP contribution in [0.3, 0.4) is 0 Å². The molecule has 2 N–H and O–H groups in total. The molecule has 2 aromatic rings. The van der Waals surface area contributed by atoms with Crippen molar-refractivity contribution in [2.24, 2.45) is 0 Å². The molecular formula is C23H23N3O4. The minimum atomic E-state index is -1.06. The minimum absolute atomic E-state index is 0.201. The Balaban J connectivity index is 1.34. The molecule has 3 aliphatic rings. The number of benzene rings is 2. The van der Waals surface area contributed by atoms with Gasteiger partial charge in [0.15, 0.2) is 0 Å². The lowest BCUT2D eigenvalue weighted by Crippen LogP contribution is -2.47. The standard InChI is InChI=1S/C23H23N3O4/c27-20(24-18-11-13-30-19-10-4-2-8-16(18)19)14-26-21(28)23(25-22(26)29)12-5-7-15-6-1-3-9-17(15)23/h1-4,6,8-10,18H,5,7,11-14H2,(H,24,27)(H,25,29)/t18-,23+/m1/s1. The van der Waals surface area contributed by atoms with Gasteiger partial charge in [0.2, 0.25) is 5.91 Å². The zero-order valence-corrected chi connectivity index (χ0v) is 16.5. The number of para-hydroxylation sites is 1. The number of rotatable bonds is 3. The van der Waals surface area contributed by atoms with E-state index >= 15 is 0 Å². The van der Waals surface area contributed by atoms with E-state index in [-0.39, 0.29) is 24.4 Å². The van der Waals surface area contributed by atoms with Crippen molar-refractivity contribution in [2.45, 2.75) is 37.3 Å². The highest BCUT2D eigenvalue weighted by molar-refractivity contribution is 6.09. The van der Waals surface area contributed by atoms with Crippen molar-refractivity contribution in [3.63, 3.8) is 0 Å². The van der Waals surface area contributed by atoms with E-state index in [1.807, 2.05) is 48.5 Å². The predicted molar refractivity (Wildman–Crippen MR) is 109 cm³/mol. The van der Waals surface area contributed by atoms with Crippen molar-refractivity contribution in [3.05, 3.63) is 65.2 Å². The first-order chi connectivity index (χ1) is 14.6. The summed E-state index contributed by atoms with van der Waals surface area (Å²) in [5.41, 5.74) is 1.77. The molecule has 7 nitrogen and oxygen atoms in total. The molecule has 7 heteroatoms. The van der Waals surface area contributed by atoms with Gasteiger partial charge < -0.3 is 15.4 Å². The summed E-state index contributed by atoms with van der Waals surface area (Å²) in [7, 11) is 0. The molecule has 30 heavy (non-hydrogen) atoms. The van der Waals surface area contributed by atoms with Gasteiger partial charge in [0, 0.05) is 12.0 Å². The third kappa shape index (κ3) is 2.93. The number of fused-ring (bicyclic) bond motifs is 3. The molecule has 1 fully saturated rings. The summed E-state index contributed by atoms with van der Waals surface area (Å²) in [5, 5.41) is 5.85. The van der Waals surface area contributed by atoms with Crippen LogP contribution >= 0.6 is 0 Å². The highest BCUT2D eigenvalue weighted by atomic mass is 16.5. The van der Waals surface area contributed by atoms with Gasteiger partial charge in [-0.25, -0.2) is 4.79 Å². The van der Waals surface area contributed by atoms with Crippen LogP contribution in [0.1, 0.15) is 42.0 Å². The number of amides is 4. The Morgan fingerprint density at radius 1 is 1.17 bits per heavy atom. The van der Waals surface area contributed by atoms with E-state index < -0.39 is 11.6 Å². The molecule has 2 heterocycles. The van der Waals surface area contributed by atoms with Gasteiger partial charge in [-0.05, 0) is 36.5 Å². The van der Waals surface area contributed by atoms with E-state index in [4.69, 9.17) is 4.74 Å². The van der Waals surface area contributed by atoms with Gasteiger partial charge in [0.1, 0.15) is 17.8 Å². The van der Waals surface area contributed by atoms with Crippen molar-refractivity contribution in [3.8, 4) is 5.75 Å². The number of nitrogens with one attached hydrogen (secondary N) is 2. The molecule has 4 amide bonds. The van der Waals surface area contributed by atoms with Gasteiger partial charge >= 0.3 is 6.03 Å². The van der Waals surface area contributed by atoms with Crippen LogP contribution in [0.5, 0.6) is 5.75 Å². The summed E-state index contributed by atoms with van der Waals surface area (Å²) in [5.74, 6) is 0.0466. The van der Waals surface area contributed by atoms with Crippen molar-refractivity contribution < 1.29 is 19.1 Å². The third-order valence-corrected chi connectivity index (χ3v) is 6.25. The fourth-order valence-corrected chi connectivity index (χ4v) is 4.83. The quantitative estimate of drug-likeness (QED) is 0.768. The van der Waals surface area contributed by atoms with Gasteiger partial charge in [0.05, 0.1) is 12.6 Å². The van der Waals surface area contributed by atoms with Crippen LogP contribution in [0.4, 0.5) is 4.79 Å². The maximum absolute atomic E-state index is 13.3. The largest absolute Gasteiger partial charge is 0.493 e. The van der Waals surface area contributed by atoms with E-state index in [1.165, 1.54) is 0 Å². The average molecular weight is 405 g/mol. The molecule has 0 radical (unpaired) electrons. The van der Waals surface area contributed by atoms with Gasteiger partial charge in [-0.1, -0.05) is 42.5 Å². The van der Waals surface area contributed by atoms with Gasteiger partial charge in [-0.15, -0.1) is 0 Å². The van der Waals surface area contributed by atoms with Gasteiger partial charge in [-0.2, -0.15) is 0 Å². The van der Waals surface area contributed by atoms with Crippen molar-refractivity contribution >= 4 is 17.8 Å². The zero-order chi connectivity index (χ0) is 20.7. The number of urea groups is 1. The fourth-order valence-electron chi connectivity index (χ4n) is 4.83. The first-order valence-corrected chi connectivity index (χ1v) is 10.3. The molecule has 1 aliphatic carbocycles. The topological polar surface area (TPSA) is 87.7 Å². The Hall–Kier alpha value is -3.35. The lowest BCUT2D eigenvalue weighted by molar-refractivity contribution is -0.136.